The highest BCUT2D eigenvalue weighted by atomic mass is 79.9. The van der Waals surface area contributed by atoms with Crippen LogP contribution in [0, 0.1) is 0 Å². The molecule has 0 aliphatic carbocycles. The van der Waals surface area contributed by atoms with E-state index in [-0.39, 0.29) is 0 Å². The predicted octanol–water partition coefficient (Wildman–Crippen LogP) is 2.96. The van der Waals surface area contributed by atoms with Crippen molar-refractivity contribution in [1.29, 1.82) is 0 Å². The average Bonchev–Trinajstić information content (AvgIpc) is 2.96. The van der Waals surface area contributed by atoms with Gasteiger partial charge in [0.05, 0.1) is 6.21 Å². The standard InChI is InChI=1S/C14H11BrN6/c15-12(8-11-4-2-1-3-5-11)9-16-18-13-6-7-14-19-17-10-21(14)20-13/h1-10H,(H,18,20)/b12-8-,16-9+. The second-order valence-electron chi connectivity index (χ2n) is 4.16. The highest BCUT2D eigenvalue weighted by Crippen LogP contribution is 2.10. The summed E-state index contributed by atoms with van der Waals surface area (Å²) in [5.41, 5.74) is 4.64. The van der Waals surface area contributed by atoms with Gasteiger partial charge in [0.2, 0.25) is 0 Å². The van der Waals surface area contributed by atoms with Gasteiger partial charge in [0.1, 0.15) is 6.33 Å². The van der Waals surface area contributed by atoms with E-state index in [0.717, 1.165) is 10.0 Å². The second-order valence-corrected chi connectivity index (χ2v) is 5.08. The van der Waals surface area contributed by atoms with E-state index in [1.807, 2.05) is 42.5 Å². The molecule has 0 aliphatic heterocycles. The van der Waals surface area contributed by atoms with Crippen LogP contribution in [0.3, 0.4) is 0 Å². The van der Waals surface area contributed by atoms with Gasteiger partial charge >= 0.3 is 0 Å². The van der Waals surface area contributed by atoms with Gasteiger partial charge in [0, 0.05) is 4.48 Å². The van der Waals surface area contributed by atoms with E-state index >= 15 is 0 Å². The minimum absolute atomic E-state index is 0.610. The number of anilines is 1. The summed E-state index contributed by atoms with van der Waals surface area (Å²) in [7, 11) is 0. The van der Waals surface area contributed by atoms with E-state index in [1.165, 1.54) is 6.33 Å². The number of hydrogen-bond donors (Lipinski definition) is 1. The fourth-order valence-electron chi connectivity index (χ4n) is 1.69. The van der Waals surface area contributed by atoms with Crippen molar-refractivity contribution in [3.8, 4) is 0 Å². The number of aromatic nitrogens is 4. The van der Waals surface area contributed by atoms with Crippen LogP contribution in [0.4, 0.5) is 5.82 Å². The molecule has 0 radical (unpaired) electrons. The molecular weight excluding hydrogens is 332 g/mol. The molecule has 2 heterocycles. The Balaban J connectivity index is 1.67. The van der Waals surface area contributed by atoms with Crippen LogP contribution in [-0.2, 0) is 0 Å². The number of benzene rings is 1. The van der Waals surface area contributed by atoms with E-state index in [9.17, 15) is 0 Å². The van der Waals surface area contributed by atoms with E-state index < -0.39 is 0 Å². The number of allylic oxidation sites excluding steroid dienone is 1. The van der Waals surface area contributed by atoms with Crippen LogP contribution in [0.25, 0.3) is 11.7 Å². The zero-order chi connectivity index (χ0) is 14.5. The summed E-state index contributed by atoms with van der Waals surface area (Å²) >= 11 is 3.45. The van der Waals surface area contributed by atoms with Gasteiger partial charge in [-0.3, -0.25) is 5.43 Å². The molecule has 0 bridgehead atoms. The SMILES string of the molecule is BrC(=C\c1ccccc1)/C=N/Nc1ccc2nncn2n1. The van der Waals surface area contributed by atoms with Crippen LogP contribution in [0.15, 0.2) is 58.4 Å². The highest BCUT2D eigenvalue weighted by molar-refractivity contribution is 9.12. The Kier molecular flexibility index (Phi) is 4.02. The van der Waals surface area contributed by atoms with E-state index in [4.69, 9.17) is 0 Å². The third kappa shape index (κ3) is 3.51. The van der Waals surface area contributed by atoms with Gasteiger partial charge in [-0.05, 0) is 39.7 Å². The molecule has 6 nitrogen and oxygen atoms in total. The van der Waals surface area contributed by atoms with Gasteiger partial charge in [-0.15, -0.1) is 15.3 Å². The van der Waals surface area contributed by atoms with Crippen molar-refractivity contribution in [2.45, 2.75) is 0 Å². The lowest BCUT2D eigenvalue weighted by molar-refractivity contribution is 0.925. The van der Waals surface area contributed by atoms with Gasteiger partial charge in [-0.2, -0.15) is 9.62 Å². The summed E-state index contributed by atoms with van der Waals surface area (Å²) < 4.78 is 2.43. The summed E-state index contributed by atoms with van der Waals surface area (Å²) in [5, 5.41) is 16.0. The summed E-state index contributed by atoms with van der Waals surface area (Å²) in [6.07, 6.45) is 5.18. The molecule has 0 saturated heterocycles. The smallest absolute Gasteiger partial charge is 0.177 e. The van der Waals surface area contributed by atoms with E-state index in [1.54, 1.807) is 16.8 Å². The minimum Gasteiger partial charge on any atom is -0.260 e. The van der Waals surface area contributed by atoms with Gasteiger partial charge in [-0.25, -0.2) is 0 Å². The molecule has 0 atom stereocenters. The number of hydrazone groups is 1. The van der Waals surface area contributed by atoms with Crippen molar-refractivity contribution in [2.24, 2.45) is 5.10 Å². The first kappa shape index (κ1) is 13.4. The first-order valence-corrected chi connectivity index (χ1v) is 6.99. The molecule has 0 unspecified atom stereocenters. The normalized spacial score (nSPS) is 12.1. The Morgan fingerprint density at radius 2 is 2.05 bits per heavy atom. The van der Waals surface area contributed by atoms with Gasteiger partial charge in [0.25, 0.3) is 0 Å². The Labute approximate surface area is 129 Å². The summed E-state index contributed by atoms with van der Waals surface area (Å²) in [6, 6.07) is 13.6. The first-order valence-electron chi connectivity index (χ1n) is 6.20. The predicted molar refractivity (Wildman–Crippen MR) is 86.2 cm³/mol. The van der Waals surface area contributed by atoms with Crippen molar-refractivity contribution in [1.82, 2.24) is 19.8 Å². The van der Waals surface area contributed by atoms with Crippen molar-refractivity contribution in [2.75, 3.05) is 5.43 Å². The Morgan fingerprint density at radius 3 is 2.90 bits per heavy atom. The van der Waals surface area contributed by atoms with Crippen molar-refractivity contribution in [3.05, 3.63) is 58.8 Å². The maximum atomic E-state index is 4.25. The molecule has 2 aromatic heterocycles. The fraction of sp³-hybridized carbons (Fsp3) is 0. The molecule has 21 heavy (non-hydrogen) atoms. The molecular formula is C14H11BrN6. The minimum atomic E-state index is 0.610. The molecule has 104 valence electrons. The monoisotopic (exact) mass is 342 g/mol. The number of halogens is 1. The van der Waals surface area contributed by atoms with Crippen molar-refractivity contribution < 1.29 is 0 Å². The third-order valence-electron chi connectivity index (χ3n) is 2.63. The highest BCUT2D eigenvalue weighted by Gasteiger charge is 1.97. The zero-order valence-corrected chi connectivity index (χ0v) is 12.5. The maximum absolute atomic E-state index is 4.25. The molecule has 3 rings (SSSR count). The zero-order valence-electron chi connectivity index (χ0n) is 10.9. The van der Waals surface area contributed by atoms with Crippen LogP contribution in [0.5, 0.6) is 0 Å². The van der Waals surface area contributed by atoms with Gasteiger partial charge in [0.15, 0.2) is 11.5 Å². The molecule has 0 spiro atoms. The van der Waals surface area contributed by atoms with E-state index in [2.05, 4.69) is 41.8 Å². The van der Waals surface area contributed by atoms with Crippen molar-refractivity contribution >= 4 is 39.7 Å². The lowest BCUT2D eigenvalue weighted by atomic mass is 10.2. The second kappa shape index (κ2) is 6.27. The third-order valence-corrected chi connectivity index (χ3v) is 3.07. The fourth-order valence-corrected chi connectivity index (χ4v) is 2.06. The summed E-state index contributed by atoms with van der Waals surface area (Å²) in [4.78, 5) is 0. The lowest BCUT2D eigenvalue weighted by Gasteiger charge is -1.99. The van der Waals surface area contributed by atoms with Gasteiger partial charge < -0.3 is 0 Å². The molecule has 7 heteroatoms. The number of nitrogens with zero attached hydrogens (tertiary/aromatic N) is 5. The summed E-state index contributed by atoms with van der Waals surface area (Å²) in [5.74, 6) is 0.610. The van der Waals surface area contributed by atoms with Gasteiger partial charge in [-0.1, -0.05) is 30.3 Å². The Bertz CT molecular complexity index is 793. The number of rotatable bonds is 4. The molecule has 1 N–H and O–H groups in total. The first-order chi connectivity index (χ1) is 10.3. The van der Waals surface area contributed by atoms with Crippen LogP contribution >= 0.6 is 15.9 Å². The largest absolute Gasteiger partial charge is 0.260 e. The summed E-state index contributed by atoms with van der Waals surface area (Å²) in [6.45, 7) is 0. The van der Waals surface area contributed by atoms with Crippen LogP contribution < -0.4 is 5.43 Å². The molecule has 0 saturated carbocycles. The van der Waals surface area contributed by atoms with Crippen LogP contribution in [0.2, 0.25) is 0 Å². The number of hydrogen-bond acceptors (Lipinski definition) is 5. The quantitative estimate of drug-likeness (QED) is 0.584. The molecule has 1 aromatic carbocycles. The molecule has 0 amide bonds. The number of fused-ring (bicyclic) bond motifs is 1. The molecule has 3 aromatic rings. The Hall–Kier alpha value is -2.54. The molecule has 0 fully saturated rings. The number of nitrogens with one attached hydrogen (secondary N) is 1. The Morgan fingerprint density at radius 1 is 1.19 bits per heavy atom. The molecule has 0 aliphatic rings. The van der Waals surface area contributed by atoms with Crippen molar-refractivity contribution in [3.63, 3.8) is 0 Å². The lowest BCUT2D eigenvalue weighted by Crippen LogP contribution is -1.97. The van der Waals surface area contributed by atoms with E-state index in [0.29, 0.717) is 11.5 Å². The maximum Gasteiger partial charge on any atom is 0.177 e. The van der Waals surface area contributed by atoms with Crippen LogP contribution in [-0.4, -0.2) is 26.0 Å². The average molecular weight is 343 g/mol. The topological polar surface area (TPSA) is 67.5 Å². The van der Waals surface area contributed by atoms with Crippen LogP contribution in [0.1, 0.15) is 5.56 Å².